The van der Waals surface area contributed by atoms with E-state index in [0.29, 0.717) is 29.3 Å². The van der Waals surface area contributed by atoms with Crippen LogP contribution in [0.25, 0.3) is 11.1 Å². The van der Waals surface area contributed by atoms with E-state index in [2.05, 4.69) is 6.58 Å². The summed E-state index contributed by atoms with van der Waals surface area (Å²) in [6.45, 7) is 5.57. The number of nitrogens with two attached hydrogens (primary N) is 2. The van der Waals surface area contributed by atoms with E-state index < -0.39 is 5.97 Å². The Morgan fingerprint density at radius 2 is 1.36 bits per heavy atom. The number of ether oxygens (including phenoxy) is 2. The van der Waals surface area contributed by atoms with Crippen LogP contribution in [0.4, 0.5) is 11.4 Å². The molecule has 0 aromatic heterocycles. The Bertz CT molecular complexity index is 973. The first-order valence-corrected chi connectivity index (χ1v) is 8.76. The molecule has 4 N–H and O–H groups in total. The molecule has 142 valence electrons. The molecular formula is C23H22N2O3. The molecule has 0 aliphatic heterocycles. The predicted molar refractivity (Wildman–Crippen MR) is 112 cm³/mol. The van der Waals surface area contributed by atoms with Crippen molar-refractivity contribution >= 4 is 17.3 Å². The molecule has 3 aromatic carbocycles. The van der Waals surface area contributed by atoms with Gasteiger partial charge in [-0.2, -0.15) is 0 Å². The number of hydrogen-bond donors (Lipinski definition) is 2. The summed E-state index contributed by atoms with van der Waals surface area (Å²) < 4.78 is 11.0. The Hall–Kier alpha value is -3.73. The average Bonchev–Trinajstić information content (AvgIpc) is 2.66. The fourth-order valence-electron chi connectivity index (χ4n) is 2.65. The smallest absolute Gasteiger partial charge is 0.338 e. The lowest BCUT2D eigenvalue weighted by Gasteiger charge is -2.09. The number of carbonyl (C=O) groups excluding carboxylic acids is 1. The second kappa shape index (κ2) is 8.31. The van der Waals surface area contributed by atoms with Crippen molar-refractivity contribution in [2.24, 2.45) is 0 Å². The molecular weight excluding hydrogens is 352 g/mol. The van der Waals surface area contributed by atoms with Crippen LogP contribution in [-0.4, -0.2) is 5.97 Å². The molecule has 0 aliphatic carbocycles. The first-order chi connectivity index (χ1) is 13.4. The van der Waals surface area contributed by atoms with Gasteiger partial charge >= 0.3 is 5.97 Å². The standard InChI is InChI=1S/C23H22N2O3/c1-15(2)23(26)28-22-9-5-18(6-10-22)17-3-7-21(8-4-17)27-14-16-11-19(24)13-20(25)12-16/h3-13H,1,14,24-25H2,2H3. The zero-order valence-corrected chi connectivity index (χ0v) is 15.6. The molecule has 3 rings (SSSR count). The average molecular weight is 374 g/mol. The molecule has 0 amide bonds. The highest BCUT2D eigenvalue weighted by atomic mass is 16.5. The first-order valence-electron chi connectivity index (χ1n) is 8.76. The van der Waals surface area contributed by atoms with E-state index in [9.17, 15) is 4.79 Å². The van der Waals surface area contributed by atoms with Gasteiger partial charge in [0.1, 0.15) is 18.1 Å². The van der Waals surface area contributed by atoms with E-state index in [0.717, 1.165) is 22.4 Å². The van der Waals surface area contributed by atoms with Crippen LogP contribution in [0.2, 0.25) is 0 Å². The largest absolute Gasteiger partial charge is 0.489 e. The SMILES string of the molecule is C=C(C)C(=O)Oc1ccc(-c2ccc(OCc3cc(N)cc(N)c3)cc2)cc1. The minimum atomic E-state index is -0.434. The van der Waals surface area contributed by atoms with Gasteiger partial charge in [-0.25, -0.2) is 4.79 Å². The van der Waals surface area contributed by atoms with Gasteiger partial charge in [0.25, 0.3) is 0 Å². The third-order valence-electron chi connectivity index (χ3n) is 4.04. The van der Waals surface area contributed by atoms with Gasteiger partial charge in [0.2, 0.25) is 0 Å². The van der Waals surface area contributed by atoms with E-state index in [1.807, 2.05) is 48.5 Å². The Kier molecular flexibility index (Phi) is 5.65. The molecule has 0 fully saturated rings. The van der Waals surface area contributed by atoms with E-state index in [1.54, 1.807) is 25.1 Å². The minimum Gasteiger partial charge on any atom is -0.489 e. The van der Waals surface area contributed by atoms with E-state index >= 15 is 0 Å². The number of benzene rings is 3. The highest BCUT2D eigenvalue weighted by Crippen LogP contribution is 2.25. The van der Waals surface area contributed by atoms with Crippen molar-refractivity contribution in [2.45, 2.75) is 13.5 Å². The first kappa shape index (κ1) is 19.0. The summed E-state index contributed by atoms with van der Waals surface area (Å²) >= 11 is 0. The summed E-state index contributed by atoms with van der Waals surface area (Å²) in [6, 6.07) is 20.4. The summed E-state index contributed by atoms with van der Waals surface area (Å²) in [6.07, 6.45) is 0. The molecule has 0 unspecified atom stereocenters. The van der Waals surface area contributed by atoms with Crippen molar-refractivity contribution in [1.29, 1.82) is 0 Å². The lowest BCUT2D eigenvalue weighted by Crippen LogP contribution is -2.07. The van der Waals surface area contributed by atoms with Crippen molar-refractivity contribution in [3.8, 4) is 22.6 Å². The maximum absolute atomic E-state index is 11.6. The van der Waals surface area contributed by atoms with Crippen LogP contribution in [0.3, 0.4) is 0 Å². The van der Waals surface area contributed by atoms with Crippen LogP contribution in [0.5, 0.6) is 11.5 Å². The van der Waals surface area contributed by atoms with Gasteiger partial charge in [-0.3, -0.25) is 0 Å². The van der Waals surface area contributed by atoms with Crippen LogP contribution in [0, 0.1) is 0 Å². The quantitative estimate of drug-likeness (QED) is 0.285. The lowest BCUT2D eigenvalue weighted by molar-refractivity contribution is -0.130. The molecule has 0 heterocycles. The van der Waals surface area contributed by atoms with Gasteiger partial charge in [-0.1, -0.05) is 30.8 Å². The molecule has 28 heavy (non-hydrogen) atoms. The number of esters is 1. The topological polar surface area (TPSA) is 87.6 Å². The maximum atomic E-state index is 11.6. The van der Waals surface area contributed by atoms with Crippen molar-refractivity contribution in [3.05, 3.63) is 84.4 Å². The molecule has 5 heteroatoms. The fraction of sp³-hybridized carbons (Fsp3) is 0.0870. The molecule has 0 bridgehead atoms. The predicted octanol–water partition coefficient (Wildman–Crippen LogP) is 4.58. The van der Waals surface area contributed by atoms with Crippen LogP contribution in [0.15, 0.2) is 78.9 Å². The van der Waals surface area contributed by atoms with Crippen LogP contribution in [0.1, 0.15) is 12.5 Å². The molecule has 5 nitrogen and oxygen atoms in total. The summed E-state index contributed by atoms with van der Waals surface area (Å²) in [4.78, 5) is 11.6. The number of carbonyl (C=O) groups is 1. The van der Waals surface area contributed by atoms with Gasteiger partial charge in [-0.05, 0) is 66.1 Å². The van der Waals surface area contributed by atoms with E-state index in [-0.39, 0.29) is 0 Å². The van der Waals surface area contributed by atoms with E-state index in [4.69, 9.17) is 20.9 Å². The second-order valence-electron chi connectivity index (χ2n) is 6.52. The Morgan fingerprint density at radius 1 is 0.857 bits per heavy atom. The third-order valence-corrected chi connectivity index (χ3v) is 4.04. The van der Waals surface area contributed by atoms with Gasteiger partial charge in [0.05, 0.1) is 0 Å². The number of anilines is 2. The fourth-order valence-corrected chi connectivity index (χ4v) is 2.65. The van der Waals surface area contributed by atoms with Gasteiger partial charge in [0, 0.05) is 16.9 Å². The van der Waals surface area contributed by atoms with Crippen LogP contribution >= 0.6 is 0 Å². The zero-order valence-electron chi connectivity index (χ0n) is 15.6. The number of rotatable bonds is 6. The molecule has 3 aromatic rings. The van der Waals surface area contributed by atoms with Crippen molar-refractivity contribution in [3.63, 3.8) is 0 Å². The minimum absolute atomic E-state index is 0.362. The highest BCUT2D eigenvalue weighted by Gasteiger charge is 2.06. The van der Waals surface area contributed by atoms with Crippen molar-refractivity contribution < 1.29 is 14.3 Å². The Morgan fingerprint density at radius 3 is 1.86 bits per heavy atom. The molecule has 0 atom stereocenters. The Balaban J connectivity index is 1.63. The summed E-state index contributed by atoms with van der Waals surface area (Å²) in [5.41, 5.74) is 16.1. The molecule has 0 radical (unpaired) electrons. The second-order valence-corrected chi connectivity index (χ2v) is 6.52. The van der Waals surface area contributed by atoms with Crippen LogP contribution < -0.4 is 20.9 Å². The molecule has 0 aliphatic rings. The van der Waals surface area contributed by atoms with Crippen molar-refractivity contribution in [1.82, 2.24) is 0 Å². The molecule has 0 spiro atoms. The van der Waals surface area contributed by atoms with Gasteiger partial charge in [0.15, 0.2) is 0 Å². The maximum Gasteiger partial charge on any atom is 0.338 e. The van der Waals surface area contributed by atoms with Crippen molar-refractivity contribution in [2.75, 3.05) is 11.5 Å². The summed E-state index contributed by atoms with van der Waals surface area (Å²) in [7, 11) is 0. The summed E-state index contributed by atoms with van der Waals surface area (Å²) in [5.74, 6) is 0.797. The highest BCUT2D eigenvalue weighted by molar-refractivity contribution is 5.88. The normalized spacial score (nSPS) is 10.3. The number of hydrogen-bond acceptors (Lipinski definition) is 5. The van der Waals surface area contributed by atoms with Gasteiger partial charge < -0.3 is 20.9 Å². The lowest BCUT2D eigenvalue weighted by atomic mass is 10.1. The Labute approximate surface area is 164 Å². The molecule has 0 saturated carbocycles. The zero-order chi connectivity index (χ0) is 20.1. The summed E-state index contributed by atoms with van der Waals surface area (Å²) in [5, 5.41) is 0. The monoisotopic (exact) mass is 374 g/mol. The van der Waals surface area contributed by atoms with E-state index in [1.165, 1.54) is 0 Å². The van der Waals surface area contributed by atoms with Gasteiger partial charge in [-0.15, -0.1) is 0 Å². The third kappa shape index (κ3) is 4.92. The van der Waals surface area contributed by atoms with Crippen LogP contribution in [-0.2, 0) is 11.4 Å². The number of nitrogen functional groups attached to an aromatic ring is 2. The molecule has 0 saturated heterocycles.